The minimum atomic E-state index is -0.276. The number of anilines is 1. The van der Waals surface area contributed by atoms with Gasteiger partial charge in [-0.05, 0) is 44.0 Å². The fraction of sp³-hybridized carbons (Fsp3) is 0.381. The lowest BCUT2D eigenvalue weighted by atomic mass is 10.2. The average molecular weight is 382 g/mol. The van der Waals surface area contributed by atoms with Gasteiger partial charge in [-0.3, -0.25) is 4.79 Å². The zero-order valence-electron chi connectivity index (χ0n) is 16.3. The Labute approximate surface area is 165 Å². The van der Waals surface area contributed by atoms with Gasteiger partial charge in [0, 0.05) is 43.5 Å². The zero-order chi connectivity index (χ0) is 19.9. The smallest absolute Gasteiger partial charge is 0.315 e. The monoisotopic (exact) mass is 382 g/mol. The van der Waals surface area contributed by atoms with Crippen molar-refractivity contribution in [2.75, 3.05) is 11.4 Å². The highest BCUT2D eigenvalue weighted by Gasteiger charge is 2.21. The van der Waals surface area contributed by atoms with Gasteiger partial charge in [-0.1, -0.05) is 18.2 Å². The van der Waals surface area contributed by atoms with Crippen LogP contribution in [0, 0.1) is 0 Å². The van der Waals surface area contributed by atoms with Crippen LogP contribution in [0.3, 0.4) is 0 Å². The van der Waals surface area contributed by atoms with E-state index in [2.05, 4.69) is 15.6 Å². The van der Waals surface area contributed by atoms with Crippen molar-refractivity contribution in [1.82, 2.24) is 15.6 Å². The summed E-state index contributed by atoms with van der Waals surface area (Å²) >= 11 is 0. The van der Waals surface area contributed by atoms with E-state index in [4.69, 9.17) is 4.74 Å². The summed E-state index contributed by atoms with van der Waals surface area (Å²) in [6, 6.07) is 11.1. The number of ether oxygens (including phenoxy) is 1. The Hall–Kier alpha value is -3.09. The Morgan fingerprint density at radius 3 is 2.79 bits per heavy atom. The number of aromatic nitrogens is 1. The fourth-order valence-electron chi connectivity index (χ4n) is 3.06. The van der Waals surface area contributed by atoms with Crippen molar-refractivity contribution in [3.05, 3.63) is 53.7 Å². The molecule has 0 unspecified atom stereocenters. The summed E-state index contributed by atoms with van der Waals surface area (Å²) in [4.78, 5) is 30.1. The Kier molecular flexibility index (Phi) is 6.47. The molecule has 0 spiro atoms. The Morgan fingerprint density at radius 2 is 2.04 bits per heavy atom. The number of nitrogens with one attached hydrogen (secondary N) is 2. The lowest BCUT2D eigenvalue weighted by Crippen LogP contribution is -2.34. The first-order valence-electron chi connectivity index (χ1n) is 9.54. The van der Waals surface area contributed by atoms with Crippen molar-refractivity contribution in [3.63, 3.8) is 0 Å². The second-order valence-electron chi connectivity index (χ2n) is 6.99. The second-order valence-corrected chi connectivity index (χ2v) is 6.99. The SMILES string of the molecule is CC(C)Oc1ncccc1CNC(=O)NCc1cccc(N2CCCC2=O)c1. The van der Waals surface area contributed by atoms with E-state index in [-0.39, 0.29) is 18.0 Å². The number of rotatable bonds is 7. The van der Waals surface area contributed by atoms with Gasteiger partial charge in [0.2, 0.25) is 11.8 Å². The number of carbonyl (C=O) groups is 2. The summed E-state index contributed by atoms with van der Waals surface area (Å²) < 4.78 is 5.66. The minimum absolute atomic E-state index is 0.0113. The van der Waals surface area contributed by atoms with E-state index in [0.29, 0.717) is 25.4 Å². The summed E-state index contributed by atoms with van der Waals surface area (Å²) in [6.07, 6.45) is 3.17. The molecule has 2 aromatic rings. The van der Waals surface area contributed by atoms with Gasteiger partial charge < -0.3 is 20.3 Å². The van der Waals surface area contributed by atoms with Gasteiger partial charge in [-0.15, -0.1) is 0 Å². The van der Waals surface area contributed by atoms with Gasteiger partial charge in [-0.2, -0.15) is 0 Å². The molecule has 0 saturated carbocycles. The van der Waals surface area contributed by atoms with Crippen LogP contribution in [0.15, 0.2) is 42.6 Å². The summed E-state index contributed by atoms with van der Waals surface area (Å²) in [5.41, 5.74) is 2.64. The van der Waals surface area contributed by atoms with Crippen molar-refractivity contribution in [3.8, 4) is 5.88 Å². The van der Waals surface area contributed by atoms with Crippen molar-refractivity contribution < 1.29 is 14.3 Å². The van der Waals surface area contributed by atoms with Gasteiger partial charge in [0.1, 0.15) is 0 Å². The van der Waals surface area contributed by atoms with Crippen LogP contribution in [0.5, 0.6) is 5.88 Å². The molecule has 0 aliphatic carbocycles. The third kappa shape index (κ3) is 5.22. The van der Waals surface area contributed by atoms with Crippen LogP contribution in [0.1, 0.15) is 37.8 Å². The first-order valence-corrected chi connectivity index (χ1v) is 9.54. The van der Waals surface area contributed by atoms with Gasteiger partial charge >= 0.3 is 6.03 Å². The topological polar surface area (TPSA) is 83.6 Å². The van der Waals surface area contributed by atoms with Crippen molar-refractivity contribution in [2.24, 2.45) is 0 Å². The lowest BCUT2D eigenvalue weighted by Gasteiger charge is -2.17. The highest BCUT2D eigenvalue weighted by atomic mass is 16.5. The predicted octanol–water partition coefficient (Wildman–Crippen LogP) is 3.00. The number of urea groups is 1. The molecule has 0 atom stereocenters. The highest BCUT2D eigenvalue weighted by molar-refractivity contribution is 5.95. The molecule has 1 aliphatic heterocycles. The predicted molar refractivity (Wildman–Crippen MR) is 107 cm³/mol. The van der Waals surface area contributed by atoms with Crippen LogP contribution >= 0.6 is 0 Å². The van der Waals surface area contributed by atoms with E-state index in [0.717, 1.165) is 29.8 Å². The summed E-state index contributed by atoms with van der Waals surface area (Å²) in [5, 5.41) is 5.67. The molecule has 7 nitrogen and oxygen atoms in total. The Bertz CT molecular complexity index is 838. The van der Waals surface area contributed by atoms with Crippen molar-refractivity contribution in [2.45, 2.75) is 45.9 Å². The van der Waals surface area contributed by atoms with Crippen LogP contribution in [-0.4, -0.2) is 29.6 Å². The molecule has 1 fully saturated rings. The number of hydrogen-bond acceptors (Lipinski definition) is 4. The van der Waals surface area contributed by atoms with Gasteiger partial charge in [-0.25, -0.2) is 9.78 Å². The number of nitrogens with zero attached hydrogens (tertiary/aromatic N) is 2. The van der Waals surface area contributed by atoms with Crippen LogP contribution in [0.25, 0.3) is 0 Å². The largest absolute Gasteiger partial charge is 0.475 e. The third-order valence-corrected chi connectivity index (χ3v) is 4.39. The molecule has 148 valence electrons. The molecule has 28 heavy (non-hydrogen) atoms. The van der Waals surface area contributed by atoms with E-state index in [9.17, 15) is 9.59 Å². The van der Waals surface area contributed by atoms with Crippen LogP contribution in [-0.2, 0) is 17.9 Å². The quantitative estimate of drug-likeness (QED) is 0.771. The van der Waals surface area contributed by atoms with Crippen molar-refractivity contribution in [1.29, 1.82) is 0 Å². The molecule has 1 aromatic heterocycles. The molecular formula is C21H26N4O3. The maximum atomic E-state index is 12.2. The highest BCUT2D eigenvalue weighted by Crippen LogP contribution is 2.22. The summed E-state index contributed by atoms with van der Waals surface area (Å²) in [6.45, 7) is 5.32. The minimum Gasteiger partial charge on any atom is -0.475 e. The van der Waals surface area contributed by atoms with E-state index < -0.39 is 0 Å². The Morgan fingerprint density at radius 1 is 1.21 bits per heavy atom. The average Bonchev–Trinajstić information content (AvgIpc) is 3.11. The maximum absolute atomic E-state index is 12.2. The number of hydrogen-bond donors (Lipinski definition) is 2. The molecule has 2 heterocycles. The first kappa shape index (κ1) is 19.7. The molecule has 0 radical (unpaired) electrons. The summed E-state index contributed by atoms with van der Waals surface area (Å²) in [7, 11) is 0. The van der Waals surface area contributed by atoms with E-state index in [1.54, 1.807) is 11.1 Å². The number of benzene rings is 1. The molecule has 3 amide bonds. The molecule has 3 rings (SSSR count). The number of pyridine rings is 1. The molecular weight excluding hydrogens is 356 g/mol. The standard InChI is InChI=1S/C21H26N4O3/c1-15(2)28-20-17(7-4-10-22-20)14-24-21(27)23-13-16-6-3-8-18(12-16)25-11-5-9-19(25)26/h3-4,6-8,10,12,15H,5,9,11,13-14H2,1-2H3,(H2,23,24,27). The van der Waals surface area contributed by atoms with Crippen LogP contribution in [0.4, 0.5) is 10.5 Å². The van der Waals surface area contributed by atoms with Gasteiger partial charge in [0.25, 0.3) is 0 Å². The van der Waals surface area contributed by atoms with Gasteiger partial charge in [0.05, 0.1) is 6.10 Å². The van der Waals surface area contributed by atoms with Gasteiger partial charge in [0.15, 0.2) is 0 Å². The Balaban J connectivity index is 1.52. The first-order chi connectivity index (χ1) is 13.5. The molecule has 2 N–H and O–H groups in total. The van der Waals surface area contributed by atoms with E-state index in [1.165, 1.54) is 0 Å². The van der Waals surface area contributed by atoms with E-state index >= 15 is 0 Å². The normalized spacial score (nSPS) is 13.7. The summed E-state index contributed by atoms with van der Waals surface area (Å²) in [5.74, 6) is 0.680. The maximum Gasteiger partial charge on any atom is 0.315 e. The molecule has 1 saturated heterocycles. The molecule has 1 aromatic carbocycles. The fourth-order valence-corrected chi connectivity index (χ4v) is 3.06. The zero-order valence-corrected chi connectivity index (χ0v) is 16.3. The number of amides is 3. The number of carbonyl (C=O) groups excluding carboxylic acids is 2. The lowest BCUT2D eigenvalue weighted by molar-refractivity contribution is -0.117. The second kappa shape index (κ2) is 9.21. The van der Waals surface area contributed by atoms with E-state index in [1.807, 2.05) is 50.2 Å². The van der Waals surface area contributed by atoms with Crippen LogP contribution in [0.2, 0.25) is 0 Å². The van der Waals surface area contributed by atoms with Crippen molar-refractivity contribution >= 4 is 17.6 Å². The molecule has 7 heteroatoms. The van der Waals surface area contributed by atoms with Crippen LogP contribution < -0.4 is 20.3 Å². The third-order valence-electron chi connectivity index (χ3n) is 4.39. The molecule has 1 aliphatic rings. The molecule has 0 bridgehead atoms.